The molecule has 5 heteroatoms. The second-order valence-electron chi connectivity index (χ2n) is 0. The van der Waals surface area contributed by atoms with Crippen LogP contribution in [0.15, 0.2) is 0 Å². The second-order valence-corrected chi connectivity index (χ2v) is 0. The summed E-state index contributed by atoms with van der Waals surface area (Å²) in [5.41, 5.74) is 0. The summed E-state index contributed by atoms with van der Waals surface area (Å²) >= 11 is 0. The zero-order valence-corrected chi connectivity index (χ0v) is 8.98. The van der Waals surface area contributed by atoms with Crippen molar-refractivity contribution in [3.05, 3.63) is 0 Å². The maximum atomic E-state index is 0. The summed E-state index contributed by atoms with van der Waals surface area (Å²) in [6, 6.07) is 0. The molecule has 0 N–H and O–H groups in total. The van der Waals surface area contributed by atoms with Gasteiger partial charge in [-0.2, -0.15) is 0 Å². The third kappa shape index (κ3) is 17.7. The van der Waals surface area contributed by atoms with E-state index in [1.165, 1.54) is 0 Å². The quantitative estimate of drug-likeness (QED) is 0.418. The summed E-state index contributed by atoms with van der Waals surface area (Å²) in [5.74, 6) is 0. The molecular weight excluding hydrogens is 450 g/mol. The molecule has 0 saturated heterocycles. The zero-order chi connectivity index (χ0) is 0. The van der Waals surface area contributed by atoms with Gasteiger partial charge in [0.2, 0.25) is 0 Å². The first kappa shape index (κ1) is 33.8. The topological polar surface area (TPSA) is 0 Å². The first-order valence-electron chi connectivity index (χ1n) is 0. The third-order valence-corrected chi connectivity index (χ3v) is 0. The van der Waals surface area contributed by atoms with Crippen LogP contribution < -0.4 is 0 Å². The minimum absolute atomic E-state index is 0. The molecule has 0 atom stereocenters. The Labute approximate surface area is 137 Å². The van der Waals surface area contributed by atoms with Crippen LogP contribution in [0, 0.1) is 41.3 Å². The molecule has 0 bridgehead atoms. The molecular formula is H2CoFePdPrSr. The van der Waals surface area contributed by atoms with Crippen molar-refractivity contribution in [3.63, 3.8) is 0 Å². The molecule has 34 valence electrons. The Morgan fingerprint density at radius 2 is 1.00 bits per heavy atom. The second kappa shape index (κ2) is 23.6. The van der Waals surface area contributed by atoms with Crippen LogP contribution >= 0.6 is 0 Å². The van der Waals surface area contributed by atoms with Gasteiger partial charge in [-0.15, -0.1) is 0 Å². The van der Waals surface area contributed by atoms with Crippen LogP contribution in [-0.4, -0.2) is 45.5 Å². The summed E-state index contributed by atoms with van der Waals surface area (Å²) in [6.07, 6.45) is 0. The van der Waals surface area contributed by atoms with Crippen LogP contribution in [0.3, 0.4) is 0 Å². The van der Waals surface area contributed by atoms with E-state index in [1.54, 1.807) is 0 Å². The van der Waals surface area contributed by atoms with Crippen LogP contribution in [-0.2, 0) is 54.3 Å². The molecule has 0 nitrogen and oxygen atoms in total. The molecule has 2 radical (unpaired) electrons. The van der Waals surface area contributed by atoms with Gasteiger partial charge in [0.25, 0.3) is 0 Å². The Morgan fingerprint density at radius 3 is 1.00 bits per heavy atom. The Morgan fingerprint density at radius 1 is 1.00 bits per heavy atom. The fourth-order valence-electron chi connectivity index (χ4n) is 0. The Bertz CT molecular complexity index is 11.6. The first-order valence-corrected chi connectivity index (χ1v) is 0. The molecule has 0 fully saturated rings. The van der Waals surface area contributed by atoms with Crippen molar-refractivity contribution in [1.82, 2.24) is 0 Å². The SMILES string of the molecule is [Co].[Fe].[Pd].[Pr].[SrH2]. The summed E-state index contributed by atoms with van der Waals surface area (Å²) in [7, 11) is 0. The van der Waals surface area contributed by atoms with Crippen LogP contribution in [0.2, 0.25) is 0 Å². The van der Waals surface area contributed by atoms with Gasteiger partial charge in [0, 0.05) is 95.6 Å². The number of hydrogen-bond acceptors (Lipinski definition) is 0. The van der Waals surface area contributed by atoms with E-state index in [0.717, 1.165) is 0 Å². The van der Waals surface area contributed by atoms with Gasteiger partial charge in [0.15, 0.2) is 0 Å². The van der Waals surface area contributed by atoms with Gasteiger partial charge < -0.3 is 0 Å². The molecule has 0 aliphatic heterocycles. The van der Waals surface area contributed by atoms with Gasteiger partial charge in [0.05, 0.1) is 0 Å². The molecule has 0 aromatic rings. The summed E-state index contributed by atoms with van der Waals surface area (Å²) < 4.78 is 0. The van der Waals surface area contributed by atoms with Gasteiger partial charge in [0.1, 0.15) is 0 Å². The van der Waals surface area contributed by atoms with E-state index in [4.69, 9.17) is 0 Å². The molecule has 5 heavy (non-hydrogen) atoms. The standard InChI is InChI=1S/Co.Fe.Pd.Pr.Sr.2H. The Kier molecular flexibility index (Phi) is 159. The van der Waals surface area contributed by atoms with E-state index in [-0.39, 0.29) is 141 Å². The van der Waals surface area contributed by atoms with E-state index in [9.17, 15) is 0 Å². The number of hydrogen-bond donors (Lipinski definition) is 0. The van der Waals surface area contributed by atoms with Crippen molar-refractivity contribution in [2.75, 3.05) is 0 Å². The Balaban J connectivity index is 0. The summed E-state index contributed by atoms with van der Waals surface area (Å²) in [4.78, 5) is 0. The van der Waals surface area contributed by atoms with Crippen molar-refractivity contribution in [2.24, 2.45) is 0 Å². The molecule has 0 rings (SSSR count). The van der Waals surface area contributed by atoms with Gasteiger partial charge >= 0.3 is 45.5 Å². The molecule has 0 heterocycles. The third-order valence-electron chi connectivity index (χ3n) is 0. The van der Waals surface area contributed by atoms with Crippen LogP contribution in [0.4, 0.5) is 0 Å². The fraction of sp³-hybridized carbons (Fsp3) is 0. The molecule has 0 aromatic heterocycles. The average molecular weight is 452 g/mol. The minimum atomic E-state index is 0. The van der Waals surface area contributed by atoms with Gasteiger partial charge in [-0.3, -0.25) is 0 Å². The maximum absolute atomic E-state index is 0. The molecule has 0 aromatic carbocycles. The van der Waals surface area contributed by atoms with Gasteiger partial charge in [-0.05, 0) is 0 Å². The average Bonchev–Trinajstić information content (AvgIpc) is 0. The van der Waals surface area contributed by atoms with Crippen molar-refractivity contribution >= 4 is 45.5 Å². The molecule has 0 spiro atoms. The zero-order valence-electron chi connectivity index (χ0n) is 1.58. The van der Waals surface area contributed by atoms with Crippen LogP contribution in [0.5, 0.6) is 0 Å². The monoisotopic (exact) mass is 452 g/mol. The van der Waals surface area contributed by atoms with Gasteiger partial charge in [-0.25, -0.2) is 0 Å². The summed E-state index contributed by atoms with van der Waals surface area (Å²) in [5, 5.41) is 0. The predicted octanol–water partition coefficient (Wildman–Crippen LogP) is -0.924. The van der Waals surface area contributed by atoms with Gasteiger partial charge in [-0.1, -0.05) is 0 Å². The number of rotatable bonds is 0. The van der Waals surface area contributed by atoms with E-state index < -0.39 is 0 Å². The van der Waals surface area contributed by atoms with Crippen molar-refractivity contribution in [1.29, 1.82) is 0 Å². The van der Waals surface area contributed by atoms with Crippen LogP contribution in [0.25, 0.3) is 0 Å². The predicted molar refractivity (Wildman–Crippen MR) is 8.54 cm³/mol. The normalized spacial score (nSPS) is 0. The molecule has 0 saturated carbocycles. The fourth-order valence-corrected chi connectivity index (χ4v) is 0. The van der Waals surface area contributed by atoms with Crippen molar-refractivity contribution in [3.8, 4) is 0 Å². The first-order chi connectivity index (χ1) is 0. The molecule has 0 amide bonds. The van der Waals surface area contributed by atoms with E-state index >= 15 is 0 Å². The molecule has 0 aliphatic carbocycles. The van der Waals surface area contributed by atoms with Crippen LogP contribution in [0.1, 0.15) is 0 Å². The van der Waals surface area contributed by atoms with E-state index in [1.807, 2.05) is 0 Å². The van der Waals surface area contributed by atoms with E-state index in [0.29, 0.717) is 0 Å². The van der Waals surface area contributed by atoms with E-state index in [2.05, 4.69) is 0 Å². The Hall–Kier alpha value is 4.53. The van der Waals surface area contributed by atoms with Crippen molar-refractivity contribution in [2.45, 2.75) is 0 Å². The van der Waals surface area contributed by atoms with Crippen molar-refractivity contribution < 1.29 is 95.6 Å². The molecule has 0 unspecified atom stereocenters. The summed E-state index contributed by atoms with van der Waals surface area (Å²) in [6.45, 7) is 0. The molecule has 0 aliphatic rings.